The number of fused-ring (bicyclic) bond motifs is 2. The first-order chi connectivity index (χ1) is 7.52. The molecule has 1 nitrogen and oxygen atoms in total. The number of alkyl halides is 8. The van der Waals surface area contributed by atoms with Crippen molar-refractivity contribution in [3.05, 3.63) is 0 Å². The van der Waals surface area contributed by atoms with Gasteiger partial charge < -0.3 is 0 Å². The molecule has 0 amide bonds. The van der Waals surface area contributed by atoms with Gasteiger partial charge in [-0.05, 0) is 6.42 Å². The van der Waals surface area contributed by atoms with Crippen molar-refractivity contribution in [1.29, 1.82) is 0 Å². The molecule has 2 aliphatic rings. The van der Waals surface area contributed by atoms with E-state index in [1.165, 1.54) is 0 Å². The smallest absolute Gasteiger partial charge is 0.290 e. The van der Waals surface area contributed by atoms with Crippen LogP contribution in [0.5, 0.6) is 0 Å². The highest BCUT2D eigenvalue weighted by atomic mass is 127. The van der Waals surface area contributed by atoms with Crippen molar-refractivity contribution in [2.24, 2.45) is 5.92 Å². The summed E-state index contributed by atoms with van der Waals surface area (Å²) in [6, 6.07) is -0.953. The Morgan fingerprint density at radius 1 is 1.12 bits per heavy atom. The van der Waals surface area contributed by atoms with Gasteiger partial charge in [-0.25, -0.2) is 0 Å². The summed E-state index contributed by atoms with van der Waals surface area (Å²) in [5, 5.41) is 0.555. The zero-order chi connectivity index (χ0) is 13.2. The second-order valence-electron chi connectivity index (χ2n) is 4.28. The first kappa shape index (κ1) is 14.0. The van der Waals surface area contributed by atoms with Gasteiger partial charge in [0.05, 0.1) is 5.38 Å². The van der Waals surface area contributed by atoms with Gasteiger partial charge in [0.15, 0.2) is 0 Å². The Morgan fingerprint density at radius 3 is 1.82 bits per heavy atom. The van der Waals surface area contributed by atoms with Gasteiger partial charge >= 0.3 is 12.4 Å². The van der Waals surface area contributed by atoms with Gasteiger partial charge in [0, 0.05) is 15.9 Å². The van der Waals surface area contributed by atoms with E-state index >= 15 is 0 Å². The minimum atomic E-state index is -5.39. The molecule has 0 spiro atoms. The Kier molecular flexibility index (Phi) is 3.11. The minimum absolute atomic E-state index is 0.175. The third-order valence-electron chi connectivity index (χ3n) is 3.44. The van der Waals surface area contributed by atoms with Gasteiger partial charge in [0.1, 0.15) is 0 Å². The number of hydrogen-bond donors (Lipinski definition) is 1. The average molecular weight is 393 g/mol. The van der Waals surface area contributed by atoms with Gasteiger partial charge in [-0.2, -0.15) is 26.3 Å². The Bertz CT molecular complexity index is 315. The molecule has 2 bridgehead atoms. The van der Waals surface area contributed by atoms with E-state index in [-0.39, 0.29) is 10.3 Å². The molecular formula is C8H7ClF6IN. The summed E-state index contributed by atoms with van der Waals surface area (Å²) < 4.78 is 76.7. The van der Waals surface area contributed by atoms with Crippen molar-refractivity contribution in [2.45, 2.75) is 39.7 Å². The summed E-state index contributed by atoms with van der Waals surface area (Å²) in [5.41, 5.74) is -3.85. The van der Waals surface area contributed by atoms with Crippen LogP contribution in [0.2, 0.25) is 0 Å². The Hall–Kier alpha value is 0.560. The Morgan fingerprint density at radius 2 is 1.59 bits per heavy atom. The maximum atomic E-state index is 12.8. The third-order valence-corrected chi connectivity index (χ3v) is 5.30. The molecule has 2 fully saturated rings. The molecule has 1 heterocycles. The number of rotatable bonds is 0. The fourth-order valence-electron chi connectivity index (χ4n) is 2.67. The second-order valence-corrected chi connectivity index (χ2v) is 6.38. The summed E-state index contributed by atoms with van der Waals surface area (Å²) >= 11 is 7.53. The van der Waals surface area contributed by atoms with Crippen molar-refractivity contribution in [3.8, 4) is 0 Å². The van der Waals surface area contributed by atoms with Crippen LogP contribution in [0, 0.1) is 5.92 Å². The Balaban J connectivity index is 2.48. The van der Waals surface area contributed by atoms with Crippen LogP contribution in [0.15, 0.2) is 0 Å². The predicted octanol–water partition coefficient (Wildman–Crippen LogP) is 3.25. The molecule has 0 aromatic carbocycles. The fraction of sp³-hybridized carbons (Fsp3) is 1.00. The highest BCUT2D eigenvalue weighted by molar-refractivity contribution is 14.1. The van der Waals surface area contributed by atoms with Crippen LogP contribution in [0.25, 0.3) is 0 Å². The summed E-state index contributed by atoms with van der Waals surface area (Å²) in [6.45, 7) is 0. The van der Waals surface area contributed by atoms with Crippen molar-refractivity contribution in [2.75, 3.05) is 0 Å². The lowest BCUT2D eigenvalue weighted by Gasteiger charge is -2.41. The molecule has 9 heteroatoms. The molecule has 1 aliphatic heterocycles. The van der Waals surface area contributed by atoms with Crippen LogP contribution >= 0.6 is 34.2 Å². The zero-order valence-corrected chi connectivity index (χ0v) is 11.0. The third kappa shape index (κ3) is 1.69. The average Bonchev–Trinajstić information content (AvgIpc) is 2.53. The van der Waals surface area contributed by atoms with Gasteiger partial charge in [0.2, 0.25) is 5.54 Å². The van der Waals surface area contributed by atoms with E-state index in [9.17, 15) is 26.3 Å². The standard InChI is InChI=1S/C8H7ClF6IN/c9-4-2-1-3(16)5(4)17-6(2,7(10,11)12)8(13,14)15/h2-5,17H,1H2. The van der Waals surface area contributed by atoms with Crippen LogP contribution in [0.3, 0.4) is 0 Å². The molecule has 1 saturated carbocycles. The van der Waals surface area contributed by atoms with Crippen LogP contribution in [-0.2, 0) is 0 Å². The predicted molar refractivity (Wildman–Crippen MR) is 57.3 cm³/mol. The molecule has 17 heavy (non-hydrogen) atoms. The summed E-state index contributed by atoms with van der Waals surface area (Å²) in [4.78, 5) is 0. The molecule has 1 saturated heterocycles. The molecule has 1 N–H and O–H groups in total. The topological polar surface area (TPSA) is 12.0 Å². The normalized spacial score (nSPS) is 40.9. The lowest BCUT2D eigenvalue weighted by Crippen LogP contribution is -2.70. The van der Waals surface area contributed by atoms with Crippen LogP contribution in [0.1, 0.15) is 6.42 Å². The van der Waals surface area contributed by atoms with Crippen LogP contribution < -0.4 is 5.32 Å². The number of hydrogen-bond acceptors (Lipinski definition) is 1. The van der Waals surface area contributed by atoms with E-state index in [2.05, 4.69) is 0 Å². The van der Waals surface area contributed by atoms with Gasteiger partial charge in [0.25, 0.3) is 0 Å². The van der Waals surface area contributed by atoms with E-state index in [0.29, 0.717) is 0 Å². The van der Waals surface area contributed by atoms with E-state index in [4.69, 9.17) is 11.6 Å². The van der Waals surface area contributed by atoms with Gasteiger partial charge in [-0.3, -0.25) is 5.32 Å². The maximum absolute atomic E-state index is 12.8. The fourth-order valence-corrected chi connectivity index (χ4v) is 4.62. The highest BCUT2D eigenvalue weighted by Crippen LogP contribution is 2.59. The first-order valence-electron chi connectivity index (χ1n) is 4.71. The molecular weight excluding hydrogens is 386 g/mol. The molecule has 1 aliphatic carbocycles. The van der Waals surface area contributed by atoms with Crippen molar-refractivity contribution in [3.63, 3.8) is 0 Å². The van der Waals surface area contributed by atoms with Crippen molar-refractivity contribution < 1.29 is 26.3 Å². The van der Waals surface area contributed by atoms with Crippen LogP contribution in [0.4, 0.5) is 26.3 Å². The molecule has 2 rings (SSSR count). The van der Waals surface area contributed by atoms with Gasteiger partial charge in [-0.15, -0.1) is 11.6 Å². The van der Waals surface area contributed by atoms with E-state index < -0.39 is 35.2 Å². The molecule has 0 aromatic rings. The number of halogens is 8. The Labute approximate surface area is 111 Å². The second kappa shape index (κ2) is 3.78. The highest BCUT2D eigenvalue weighted by Gasteiger charge is 2.81. The maximum Gasteiger partial charge on any atom is 0.415 e. The zero-order valence-electron chi connectivity index (χ0n) is 8.04. The largest absolute Gasteiger partial charge is 0.415 e. The van der Waals surface area contributed by atoms with E-state index in [0.717, 1.165) is 0 Å². The summed E-state index contributed by atoms with van der Waals surface area (Å²) in [6.07, 6.45) is -11.0. The van der Waals surface area contributed by atoms with E-state index in [1.807, 2.05) is 22.6 Å². The molecule has 4 atom stereocenters. The summed E-state index contributed by atoms with van der Waals surface area (Å²) in [5.74, 6) is -1.66. The molecule has 0 radical (unpaired) electrons. The summed E-state index contributed by atoms with van der Waals surface area (Å²) in [7, 11) is 0. The monoisotopic (exact) mass is 393 g/mol. The lowest BCUT2D eigenvalue weighted by atomic mass is 9.82. The SMILES string of the molecule is FC(F)(F)C1(C(F)(F)F)NC2C(I)CC1C2Cl. The molecule has 100 valence electrons. The quantitative estimate of drug-likeness (QED) is 0.379. The number of nitrogens with one attached hydrogen (secondary N) is 1. The molecule has 0 aromatic heterocycles. The first-order valence-corrected chi connectivity index (χ1v) is 6.40. The van der Waals surface area contributed by atoms with Gasteiger partial charge in [-0.1, -0.05) is 22.6 Å². The lowest BCUT2D eigenvalue weighted by molar-refractivity contribution is -0.318. The van der Waals surface area contributed by atoms with Crippen molar-refractivity contribution >= 4 is 34.2 Å². The van der Waals surface area contributed by atoms with Crippen LogP contribution in [-0.4, -0.2) is 33.2 Å². The number of piperidine rings is 1. The molecule has 4 unspecified atom stereocenters. The van der Waals surface area contributed by atoms with E-state index in [1.54, 1.807) is 5.32 Å². The minimum Gasteiger partial charge on any atom is -0.290 e. The van der Waals surface area contributed by atoms with Crippen molar-refractivity contribution in [1.82, 2.24) is 5.32 Å².